The highest BCUT2D eigenvalue weighted by atomic mass is 35.5. The van der Waals surface area contributed by atoms with E-state index in [1.807, 2.05) is 0 Å². The van der Waals surface area contributed by atoms with Crippen molar-refractivity contribution in [3.05, 3.63) is 32.8 Å². The lowest BCUT2D eigenvalue weighted by Gasteiger charge is -2.04. The van der Waals surface area contributed by atoms with Gasteiger partial charge in [0.2, 0.25) is 0 Å². The predicted molar refractivity (Wildman–Crippen MR) is 54.2 cm³/mol. The Morgan fingerprint density at radius 1 is 1.60 bits per heavy atom. The average Bonchev–Trinajstić information content (AvgIpc) is 2.08. The Kier molecular flexibility index (Phi) is 3.26. The van der Waals surface area contributed by atoms with Crippen LogP contribution in [0.15, 0.2) is 12.1 Å². The minimum atomic E-state index is -0.677. The molecule has 0 heterocycles. The van der Waals surface area contributed by atoms with Crippen molar-refractivity contribution in [3.63, 3.8) is 0 Å². The maximum Gasteiger partial charge on any atom is 0.278 e. The molecule has 0 aromatic heterocycles. The van der Waals surface area contributed by atoms with Gasteiger partial charge < -0.3 is 5.11 Å². The van der Waals surface area contributed by atoms with Crippen molar-refractivity contribution in [1.29, 1.82) is 0 Å². The van der Waals surface area contributed by atoms with Gasteiger partial charge in [-0.1, -0.05) is 11.6 Å². The van der Waals surface area contributed by atoms with Crippen LogP contribution in [0.4, 0.5) is 5.69 Å². The molecule has 1 aromatic rings. The minimum absolute atomic E-state index is 0.0249. The molecular formula is C9H8ClNO4. The highest BCUT2D eigenvalue weighted by Gasteiger charge is 2.19. The molecule has 0 amide bonds. The number of ketones is 1. The van der Waals surface area contributed by atoms with E-state index < -0.39 is 4.92 Å². The van der Waals surface area contributed by atoms with Crippen LogP contribution in [0.1, 0.15) is 12.5 Å². The Morgan fingerprint density at radius 3 is 2.67 bits per heavy atom. The molecule has 0 unspecified atom stereocenters. The van der Waals surface area contributed by atoms with Crippen molar-refractivity contribution in [2.24, 2.45) is 0 Å². The van der Waals surface area contributed by atoms with Crippen molar-refractivity contribution in [3.8, 4) is 5.75 Å². The molecule has 0 aliphatic heterocycles. The molecular weight excluding hydrogens is 222 g/mol. The van der Waals surface area contributed by atoms with Crippen LogP contribution in [0.5, 0.6) is 5.75 Å². The monoisotopic (exact) mass is 229 g/mol. The first-order valence-corrected chi connectivity index (χ1v) is 4.45. The number of carbonyl (C=O) groups is 1. The summed E-state index contributed by atoms with van der Waals surface area (Å²) in [6.07, 6.45) is -0.116. The summed E-state index contributed by atoms with van der Waals surface area (Å²) in [5.41, 5.74) is -0.206. The van der Waals surface area contributed by atoms with Gasteiger partial charge in [-0.15, -0.1) is 0 Å². The fraction of sp³-hybridized carbons (Fsp3) is 0.222. The van der Waals surface area contributed by atoms with Gasteiger partial charge in [0.05, 0.1) is 21.6 Å². The lowest BCUT2D eigenvalue weighted by atomic mass is 10.1. The summed E-state index contributed by atoms with van der Waals surface area (Å²) in [6.45, 7) is 1.31. The molecule has 6 heteroatoms. The van der Waals surface area contributed by atoms with E-state index in [1.165, 1.54) is 13.0 Å². The van der Waals surface area contributed by atoms with E-state index in [-0.39, 0.29) is 34.2 Å². The van der Waals surface area contributed by atoms with E-state index in [1.54, 1.807) is 0 Å². The van der Waals surface area contributed by atoms with Gasteiger partial charge in [-0.05, 0) is 13.0 Å². The molecule has 80 valence electrons. The zero-order valence-electron chi connectivity index (χ0n) is 7.86. The topological polar surface area (TPSA) is 80.4 Å². The molecule has 15 heavy (non-hydrogen) atoms. The highest BCUT2D eigenvalue weighted by Crippen LogP contribution is 2.31. The zero-order valence-corrected chi connectivity index (χ0v) is 8.61. The quantitative estimate of drug-likeness (QED) is 0.636. The number of halogens is 1. The number of hydrogen-bond donors (Lipinski definition) is 1. The molecule has 1 rings (SSSR count). The van der Waals surface area contributed by atoms with Crippen LogP contribution in [0.3, 0.4) is 0 Å². The van der Waals surface area contributed by atoms with Gasteiger partial charge in [-0.2, -0.15) is 0 Å². The summed E-state index contributed by atoms with van der Waals surface area (Å²) in [4.78, 5) is 20.8. The number of Topliss-reactive ketones (excluding diaryl/α,β-unsaturated/α-hetero) is 1. The normalized spacial score (nSPS) is 10.0. The molecule has 0 spiro atoms. The second-order valence-electron chi connectivity index (χ2n) is 3.06. The average molecular weight is 230 g/mol. The third-order valence-electron chi connectivity index (χ3n) is 1.78. The first-order chi connectivity index (χ1) is 6.91. The predicted octanol–water partition coefficient (Wildman–Crippen LogP) is 2.09. The molecule has 0 atom stereocenters. The van der Waals surface area contributed by atoms with E-state index in [0.29, 0.717) is 0 Å². The van der Waals surface area contributed by atoms with Crippen LogP contribution in [0.25, 0.3) is 0 Å². The molecule has 0 aliphatic carbocycles. The number of benzene rings is 1. The number of phenolic OH excluding ortho intramolecular Hbond substituents is 1. The summed E-state index contributed by atoms with van der Waals surface area (Å²) in [5.74, 6) is -0.523. The van der Waals surface area contributed by atoms with Crippen LogP contribution in [0.2, 0.25) is 5.02 Å². The van der Waals surface area contributed by atoms with Gasteiger partial charge in [0, 0.05) is 6.42 Å². The summed E-state index contributed by atoms with van der Waals surface area (Å²) in [7, 11) is 0. The molecule has 0 radical (unpaired) electrons. The number of nitrogens with zero attached hydrogens (tertiary/aromatic N) is 1. The van der Waals surface area contributed by atoms with Gasteiger partial charge in [-0.25, -0.2) is 0 Å². The molecule has 5 nitrogen and oxygen atoms in total. The smallest absolute Gasteiger partial charge is 0.278 e. The van der Waals surface area contributed by atoms with Gasteiger partial charge in [0.25, 0.3) is 5.69 Å². The lowest BCUT2D eigenvalue weighted by Crippen LogP contribution is -2.02. The van der Waals surface area contributed by atoms with E-state index in [9.17, 15) is 14.9 Å². The SMILES string of the molecule is CC(=O)Cc1c(Cl)cc(O)cc1[N+](=O)[O-]. The van der Waals surface area contributed by atoms with Crippen molar-refractivity contribution < 1.29 is 14.8 Å². The second kappa shape index (κ2) is 4.27. The number of nitro groups is 1. The number of nitro benzene ring substituents is 1. The number of rotatable bonds is 3. The standard InChI is InChI=1S/C9H8ClNO4/c1-5(12)2-7-8(10)3-6(13)4-9(7)11(14)15/h3-4,13H,2H2,1H3. The molecule has 0 aliphatic rings. The van der Waals surface area contributed by atoms with Crippen LogP contribution in [-0.4, -0.2) is 15.8 Å². The highest BCUT2D eigenvalue weighted by molar-refractivity contribution is 6.32. The number of aromatic hydroxyl groups is 1. The molecule has 1 N–H and O–H groups in total. The summed E-state index contributed by atoms with van der Waals surface area (Å²) in [6, 6.07) is 2.15. The number of phenols is 1. The van der Waals surface area contributed by atoms with Crippen LogP contribution in [0, 0.1) is 10.1 Å². The van der Waals surface area contributed by atoms with E-state index in [2.05, 4.69) is 0 Å². The Balaban J connectivity index is 3.33. The van der Waals surface area contributed by atoms with Crippen LogP contribution in [-0.2, 0) is 11.2 Å². The van der Waals surface area contributed by atoms with Gasteiger partial charge in [-0.3, -0.25) is 14.9 Å². The van der Waals surface area contributed by atoms with Gasteiger partial charge in [0.15, 0.2) is 0 Å². The van der Waals surface area contributed by atoms with Crippen LogP contribution >= 0.6 is 11.6 Å². The van der Waals surface area contributed by atoms with E-state index in [0.717, 1.165) is 6.07 Å². The number of hydrogen-bond acceptors (Lipinski definition) is 4. The van der Waals surface area contributed by atoms with Gasteiger partial charge in [0.1, 0.15) is 11.5 Å². The van der Waals surface area contributed by atoms with Crippen LogP contribution < -0.4 is 0 Å². The summed E-state index contributed by atoms with van der Waals surface area (Å²) in [5, 5.41) is 19.8. The lowest BCUT2D eigenvalue weighted by molar-refractivity contribution is -0.385. The number of carbonyl (C=O) groups excluding carboxylic acids is 1. The molecule has 0 bridgehead atoms. The van der Waals surface area contributed by atoms with Gasteiger partial charge >= 0.3 is 0 Å². The minimum Gasteiger partial charge on any atom is -0.508 e. The van der Waals surface area contributed by atoms with Crippen molar-refractivity contribution in [2.75, 3.05) is 0 Å². The largest absolute Gasteiger partial charge is 0.508 e. The summed E-state index contributed by atoms with van der Waals surface area (Å²) < 4.78 is 0. The first kappa shape index (κ1) is 11.5. The molecule has 0 saturated carbocycles. The van der Waals surface area contributed by atoms with Crippen molar-refractivity contribution in [1.82, 2.24) is 0 Å². The Labute approximate surface area is 90.4 Å². The van der Waals surface area contributed by atoms with E-state index >= 15 is 0 Å². The van der Waals surface area contributed by atoms with E-state index in [4.69, 9.17) is 16.7 Å². The second-order valence-corrected chi connectivity index (χ2v) is 3.47. The molecule has 0 fully saturated rings. The zero-order chi connectivity index (χ0) is 11.6. The van der Waals surface area contributed by atoms with Crippen molar-refractivity contribution >= 4 is 23.1 Å². The Hall–Kier alpha value is -1.62. The fourth-order valence-corrected chi connectivity index (χ4v) is 1.47. The summed E-state index contributed by atoms with van der Waals surface area (Å²) >= 11 is 5.71. The maximum atomic E-state index is 10.9. The first-order valence-electron chi connectivity index (χ1n) is 4.07. The molecule has 0 saturated heterocycles. The third-order valence-corrected chi connectivity index (χ3v) is 2.12. The Morgan fingerprint density at radius 2 is 2.20 bits per heavy atom. The Bertz CT molecular complexity index is 430. The third kappa shape index (κ3) is 2.66. The molecule has 1 aromatic carbocycles. The fourth-order valence-electron chi connectivity index (χ4n) is 1.19. The maximum absolute atomic E-state index is 10.9. The van der Waals surface area contributed by atoms with Crippen molar-refractivity contribution in [2.45, 2.75) is 13.3 Å².